The highest BCUT2D eigenvalue weighted by atomic mass is 19.1. The molecule has 1 aliphatic heterocycles. The number of benzene rings is 2. The summed E-state index contributed by atoms with van der Waals surface area (Å²) in [6, 6.07) is 11.4. The SMILES string of the molecule is O=C(NCC1C=CC=CC1)[C@H]1OC(=O)N(c2ccc(F)cc2)C1Cc1ccc(O)cc1. The molecular formula is C24H23FN2O4. The van der Waals surface area contributed by atoms with E-state index in [4.69, 9.17) is 4.74 Å². The number of aromatic hydroxyl groups is 1. The molecule has 2 unspecified atom stereocenters. The molecule has 0 saturated carbocycles. The summed E-state index contributed by atoms with van der Waals surface area (Å²) in [6.07, 6.45) is 7.46. The van der Waals surface area contributed by atoms with Crippen molar-refractivity contribution >= 4 is 17.7 Å². The summed E-state index contributed by atoms with van der Waals surface area (Å²) in [5.41, 5.74) is 1.28. The van der Waals surface area contributed by atoms with Crippen LogP contribution in [-0.4, -0.2) is 35.8 Å². The minimum absolute atomic E-state index is 0.127. The van der Waals surface area contributed by atoms with Gasteiger partial charge in [0.25, 0.3) is 5.91 Å². The van der Waals surface area contributed by atoms with Gasteiger partial charge in [-0.25, -0.2) is 9.18 Å². The van der Waals surface area contributed by atoms with Crippen molar-refractivity contribution in [1.82, 2.24) is 5.32 Å². The average Bonchev–Trinajstić information content (AvgIpc) is 3.11. The van der Waals surface area contributed by atoms with E-state index in [1.165, 1.54) is 29.2 Å². The lowest BCUT2D eigenvalue weighted by Gasteiger charge is -2.25. The summed E-state index contributed by atoms with van der Waals surface area (Å²) in [7, 11) is 0. The van der Waals surface area contributed by atoms with E-state index in [1.54, 1.807) is 24.3 Å². The van der Waals surface area contributed by atoms with Crippen LogP contribution < -0.4 is 10.2 Å². The van der Waals surface area contributed by atoms with Crippen LogP contribution in [0.5, 0.6) is 5.75 Å². The maximum absolute atomic E-state index is 13.4. The zero-order chi connectivity index (χ0) is 21.8. The van der Waals surface area contributed by atoms with Gasteiger partial charge < -0.3 is 15.2 Å². The summed E-state index contributed by atoms with van der Waals surface area (Å²) < 4.78 is 18.9. The summed E-state index contributed by atoms with van der Waals surface area (Å²) >= 11 is 0. The number of hydrogen-bond acceptors (Lipinski definition) is 4. The first kappa shape index (κ1) is 20.7. The van der Waals surface area contributed by atoms with Crippen LogP contribution in [0.4, 0.5) is 14.9 Å². The second-order valence-corrected chi connectivity index (χ2v) is 7.64. The quantitative estimate of drug-likeness (QED) is 0.744. The Labute approximate surface area is 179 Å². The second kappa shape index (κ2) is 9.04. The van der Waals surface area contributed by atoms with Crippen molar-refractivity contribution < 1.29 is 23.8 Å². The summed E-state index contributed by atoms with van der Waals surface area (Å²) in [4.78, 5) is 27.1. The third-order valence-electron chi connectivity index (χ3n) is 5.46. The van der Waals surface area contributed by atoms with Crippen LogP contribution in [0.15, 0.2) is 72.8 Å². The number of hydrogen-bond donors (Lipinski definition) is 2. The van der Waals surface area contributed by atoms with Gasteiger partial charge in [-0.15, -0.1) is 0 Å². The van der Waals surface area contributed by atoms with E-state index < -0.39 is 24.1 Å². The molecule has 1 saturated heterocycles. The monoisotopic (exact) mass is 422 g/mol. The number of carbonyl (C=O) groups is 2. The Morgan fingerprint density at radius 2 is 1.87 bits per heavy atom. The van der Waals surface area contributed by atoms with Crippen LogP contribution in [0.3, 0.4) is 0 Å². The van der Waals surface area contributed by atoms with Crippen molar-refractivity contribution in [2.45, 2.75) is 25.0 Å². The molecule has 6 nitrogen and oxygen atoms in total. The molecule has 2 N–H and O–H groups in total. The van der Waals surface area contributed by atoms with Crippen LogP contribution in [0.1, 0.15) is 12.0 Å². The minimum Gasteiger partial charge on any atom is -0.508 e. The van der Waals surface area contributed by atoms with Gasteiger partial charge in [0.1, 0.15) is 11.6 Å². The van der Waals surface area contributed by atoms with Gasteiger partial charge in [0.2, 0.25) is 6.10 Å². The van der Waals surface area contributed by atoms with Gasteiger partial charge in [0.15, 0.2) is 0 Å². The molecule has 31 heavy (non-hydrogen) atoms. The summed E-state index contributed by atoms with van der Waals surface area (Å²) in [6.45, 7) is 0.441. The average molecular weight is 422 g/mol. The summed E-state index contributed by atoms with van der Waals surface area (Å²) in [5, 5.41) is 12.4. The highest BCUT2D eigenvalue weighted by Gasteiger charge is 2.46. The number of carbonyl (C=O) groups excluding carboxylic acids is 2. The van der Waals surface area contributed by atoms with Crippen LogP contribution in [0.25, 0.3) is 0 Å². The number of phenolic OH excluding ortho intramolecular Hbond substituents is 1. The fourth-order valence-electron chi connectivity index (χ4n) is 3.83. The standard InChI is InChI=1S/C24H23FN2O4/c25-18-8-10-19(11-9-18)27-21(14-16-6-12-20(28)13-7-16)22(31-24(27)30)23(29)26-15-17-4-2-1-3-5-17/h1-4,6-13,17,21-22,28H,5,14-15H2,(H,26,29)/t17?,21?,22-/m0/s1. The molecule has 0 aromatic heterocycles. The third-order valence-corrected chi connectivity index (χ3v) is 5.46. The van der Waals surface area contributed by atoms with Gasteiger partial charge in [-0.2, -0.15) is 0 Å². The molecule has 1 heterocycles. The van der Waals surface area contributed by atoms with E-state index in [0.29, 0.717) is 18.7 Å². The smallest absolute Gasteiger partial charge is 0.415 e. The topological polar surface area (TPSA) is 78.9 Å². The van der Waals surface area contributed by atoms with Crippen LogP contribution in [0, 0.1) is 11.7 Å². The number of allylic oxidation sites excluding steroid dienone is 3. The molecule has 4 rings (SSSR count). The van der Waals surface area contributed by atoms with Crippen LogP contribution in [0.2, 0.25) is 0 Å². The summed E-state index contributed by atoms with van der Waals surface area (Å²) in [5.74, 6) is -0.475. The molecule has 2 amide bonds. The molecule has 3 atom stereocenters. The number of amides is 2. The largest absolute Gasteiger partial charge is 0.508 e. The zero-order valence-electron chi connectivity index (χ0n) is 16.8. The van der Waals surface area contributed by atoms with Gasteiger partial charge in [-0.1, -0.05) is 36.4 Å². The van der Waals surface area contributed by atoms with Gasteiger partial charge in [-0.05, 0) is 60.7 Å². The predicted octanol–water partition coefficient (Wildman–Crippen LogP) is 3.72. The highest BCUT2D eigenvalue weighted by molar-refractivity contribution is 5.96. The van der Waals surface area contributed by atoms with E-state index in [-0.39, 0.29) is 17.6 Å². The van der Waals surface area contributed by atoms with Crippen molar-refractivity contribution in [2.24, 2.45) is 5.92 Å². The Kier molecular flexibility index (Phi) is 6.02. The van der Waals surface area contributed by atoms with Crippen molar-refractivity contribution in [3.8, 4) is 5.75 Å². The Bertz CT molecular complexity index is 1000. The van der Waals surface area contributed by atoms with Crippen molar-refractivity contribution in [2.75, 3.05) is 11.4 Å². The highest BCUT2D eigenvalue weighted by Crippen LogP contribution is 2.30. The molecule has 7 heteroatoms. The van der Waals surface area contributed by atoms with E-state index in [0.717, 1.165) is 12.0 Å². The normalized spacial score (nSPS) is 22.4. The first-order chi connectivity index (χ1) is 15.0. The second-order valence-electron chi connectivity index (χ2n) is 7.64. The number of anilines is 1. The van der Waals surface area contributed by atoms with Crippen LogP contribution in [-0.2, 0) is 16.0 Å². The maximum Gasteiger partial charge on any atom is 0.415 e. The third kappa shape index (κ3) is 4.77. The molecule has 0 bridgehead atoms. The fraction of sp³-hybridized carbons (Fsp3) is 0.250. The molecular weight excluding hydrogens is 399 g/mol. The Morgan fingerprint density at radius 1 is 1.13 bits per heavy atom. The Hall–Kier alpha value is -3.61. The fourth-order valence-corrected chi connectivity index (χ4v) is 3.83. The number of nitrogens with zero attached hydrogens (tertiary/aromatic N) is 1. The number of cyclic esters (lactones) is 1. The molecule has 2 aromatic carbocycles. The van der Waals surface area contributed by atoms with Gasteiger partial charge in [0, 0.05) is 12.2 Å². The molecule has 2 aromatic rings. The Morgan fingerprint density at radius 3 is 2.55 bits per heavy atom. The number of phenols is 1. The van der Waals surface area contributed by atoms with Gasteiger partial charge >= 0.3 is 6.09 Å². The van der Waals surface area contributed by atoms with E-state index in [1.807, 2.05) is 24.3 Å². The molecule has 0 radical (unpaired) electrons. The van der Waals surface area contributed by atoms with Gasteiger partial charge in [-0.3, -0.25) is 9.69 Å². The van der Waals surface area contributed by atoms with Crippen molar-refractivity contribution in [1.29, 1.82) is 0 Å². The molecule has 2 aliphatic rings. The zero-order valence-corrected chi connectivity index (χ0v) is 16.8. The van der Waals surface area contributed by atoms with E-state index in [9.17, 15) is 19.1 Å². The molecule has 1 fully saturated rings. The lowest BCUT2D eigenvalue weighted by molar-refractivity contribution is -0.128. The Balaban J connectivity index is 1.56. The minimum atomic E-state index is -1.02. The van der Waals surface area contributed by atoms with Crippen molar-refractivity contribution in [3.05, 3.63) is 84.2 Å². The number of halogens is 1. The number of rotatable bonds is 6. The van der Waals surface area contributed by atoms with Crippen molar-refractivity contribution in [3.63, 3.8) is 0 Å². The van der Waals surface area contributed by atoms with Gasteiger partial charge in [0.05, 0.1) is 6.04 Å². The number of nitrogens with one attached hydrogen (secondary N) is 1. The van der Waals surface area contributed by atoms with E-state index in [2.05, 4.69) is 5.32 Å². The lowest BCUT2D eigenvalue weighted by Crippen LogP contribution is -2.47. The van der Waals surface area contributed by atoms with E-state index >= 15 is 0 Å². The maximum atomic E-state index is 13.4. The first-order valence-electron chi connectivity index (χ1n) is 10.2. The first-order valence-corrected chi connectivity index (χ1v) is 10.2. The predicted molar refractivity (Wildman–Crippen MR) is 114 cm³/mol. The number of ether oxygens (including phenoxy) is 1. The van der Waals surface area contributed by atoms with Crippen LogP contribution >= 0.6 is 0 Å². The lowest BCUT2D eigenvalue weighted by atomic mass is 9.98. The molecule has 160 valence electrons. The molecule has 0 spiro atoms. The molecule has 1 aliphatic carbocycles.